The summed E-state index contributed by atoms with van der Waals surface area (Å²) < 4.78 is 14.1. The van der Waals surface area contributed by atoms with E-state index in [1.165, 1.54) is 6.07 Å². The Morgan fingerprint density at radius 2 is 1.75 bits per heavy atom. The van der Waals surface area contributed by atoms with Crippen LogP contribution in [-0.4, -0.2) is 10.1 Å². The first-order valence-electron chi connectivity index (χ1n) is 6.22. The highest BCUT2D eigenvalue weighted by Crippen LogP contribution is 2.31. The van der Waals surface area contributed by atoms with Gasteiger partial charge in [0.2, 0.25) is 0 Å². The Kier molecular flexibility index (Phi) is 3.08. The molecule has 0 aliphatic heterocycles. The van der Waals surface area contributed by atoms with E-state index in [4.69, 9.17) is 0 Å². The van der Waals surface area contributed by atoms with Crippen LogP contribution >= 0.6 is 0 Å². The van der Waals surface area contributed by atoms with Gasteiger partial charge in [0, 0.05) is 22.0 Å². The van der Waals surface area contributed by atoms with Crippen LogP contribution in [0.2, 0.25) is 0 Å². The molecule has 0 saturated carbocycles. The van der Waals surface area contributed by atoms with Crippen molar-refractivity contribution in [1.29, 1.82) is 0 Å². The average Bonchev–Trinajstić information content (AvgIpc) is 2.46. The minimum Gasteiger partial charge on any atom is -0.391 e. The van der Waals surface area contributed by atoms with E-state index in [-0.39, 0.29) is 5.56 Å². The maximum Gasteiger partial charge on any atom is 0.254 e. The Morgan fingerprint density at radius 1 is 1.05 bits per heavy atom. The van der Waals surface area contributed by atoms with E-state index >= 15 is 0 Å². The summed E-state index contributed by atoms with van der Waals surface area (Å²) >= 11 is 0. The highest BCUT2D eigenvalue weighted by Gasteiger charge is 2.16. The molecule has 3 rings (SSSR count). The molecule has 1 heterocycles. The van der Waals surface area contributed by atoms with Gasteiger partial charge >= 0.3 is 0 Å². The fourth-order valence-electron chi connectivity index (χ4n) is 2.41. The summed E-state index contributed by atoms with van der Waals surface area (Å²) in [6, 6.07) is 13.4. The Labute approximate surface area is 114 Å². The number of aliphatic hydroxyl groups is 1. The molecule has 0 aliphatic carbocycles. The van der Waals surface area contributed by atoms with Crippen LogP contribution in [0.4, 0.5) is 4.39 Å². The van der Waals surface area contributed by atoms with Crippen molar-refractivity contribution in [3.63, 3.8) is 0 Å². The average molecular weight is 269 g/mol. The molecule has 0 aliphatic rings. The van der Waals surface area contributed by atoms with E-state index in [9.17, 15) is 14.3 Å². The Balaban J connectivity index is 2.50. The normalized spacial score (nSPS) is 10.9. The standard InChI is InChI=1S/C16H12FNO2/c17-13-7-3-1-5-10(13)15-11-6-2-4-8-14(11)18-16(20)12(15)9-19/h1-8,19H,9H2,(H,18,20). The molecule has 4 heteroatoms. The lowest BCUT2D eigenvalue weighted by Gasteiger charge is -2.12. The van der Waals surface area contributed by atoms with E-state index in [2.05, 4.69) is 4.98 Å². The maximum absolute atomic E-state index is 14.1. The second-order valence-corrected chi connectivity index (χ2v) is 4.49. The third-order valence-corrected chi connectivity index (χ3v) is 3.32. The zero-order chi connectivity index (χ0) is 14.1. The number of aromatic nitrogens is 1. The van der Waals surface area contributed by atoms with Crippen molar-refractivity contribution in [1.82, 2.24) is 4.98 Å². The Hall–Kier alpha value is -2.46. The summed E-state index contributed by atoms with van der Waals surface area (Å²) in [5.41, 5.74) is 1.16. The van der Waals surface area contributed by atoms with Crippen LogP contribution in [0.25, 0.3) is 22.0 Å². The molecule has 20 heavy (non-hydrogen) atoms. The predicted molar refractivity (Wildman–Crippen MR) is 75.9 cm³/mol. The van der Waals surface area contributed by atoms with Crippen molar-refractivity contribution in [3.8, 4) is 11.1 Å². The van der Waals surface area contributed by atoms with Gasteiger partial charge in [-0.1, -0.05) is 36.4 Å². The number of nitrogens with one attached hydrogen (secondary N) is 1. The number of pyridine rings is 1. The fourth-order valence-corrected chi connectivity index (χ4v) is 2.41. The molecular weight excluding hydrogens is 257 g/mol. The van der Waals surface area contributed by atoms with Crippen molar-refractivity contribution in [2.45, 2.75) is 6.61 Å². The first-order valence-corrected chi connectivity index (χ1v) is 6.22. The van der Waals surface area contributed by atoms with E-state index in [1.807, 2.05) is 6.07 Å². The number of hydrogen-bond acceptors (Lipinski definition) is 2. The van der Waals surface area contributed by atoms with Crippen LogP contribution < -0.4 is 5.56 Å². The molecule has 100 valence electrons. The third kappa shape index (κ3) is 1.90. The van der Waals surface area contributed by atoms with Crippen LogP contribution in [-0.2, 0) is 6.61 Å². The number of aliphatic hydroxyl groups excluding tert-OH is 1. The Bertz CT molecular complexity index is 839. The highest BCUT2D eigenvalue weighted by molar-refractivity contribution is 5.96. The summed E-state index contributed by atoms with van der Waals surface area (Å²) in [6.45, 7) is -0.441. The van der Waals surface area contributed by atoms with Crippen molar-refractivity contribution >= 4 is 10.9 Å². The summed E-state index contributed by atoms with van der Waals surface area (Å²) in [4.78, 5) is 14.7. The number of rotatable bonds is 2. The molecule has 0 radical (unpaired) electrons. The molecule has 3 aromatic rings. The Morgan fingerprint density at radius 3 is 2.50 bits per heavy atom. The van der Waals surface area contributed by atoms with Gasteiger partial charge in [-0.2, -0.15) is 0 Å². The molecule has 3 nitrogen and oxygen atoms in total. The molecule has 2 aromatic carbocycles. The van der Waals surface area contributed by atoms with Crippen molar-refractivity contribution in [2.75, 3.05) is 0 Å². The van der Waals surface area contributed by atoms with Gasteiger partial charge in [0.15, 0.2) is 0 Å². The first kappa shape index (κ1) is 12.6. The number of benzene rings is 2. The topological polar surface area (TPSA) is 53.1 Å². The molecule has 0 atom stereocenters. The number of fused-ring (bicyclic) bond motifs is 1. The lowest BCUT2D eigenvalue weighted by molar-refractivity contribution is 0.281. The van der Waals surface area contributed by atoms with E-state index in [0.29, 0.717) is 22.0 Å². The van der Waals surface area contributed by atoms with Gasteiger partial charge in [-0.15, -0.1) is 0 Å². The fraction of sp³-hybridized carbons (Fsp3) is 0.0625. The zero-order valence-electron chi connectivity index (χ0n) is 10.6. The maximum atomic E-state index is 14.1. The molecule has 0 bridgehead atoms. The second kappa shape index (κ2) is 4.90. The minimum atomic E-state index is -0.441. The van der Waals surface area contributed by atoms with Gasteiger partial charge in [-0.3, -0.25) is 4.79 Å². The highest BCUT2D eigenvalue weighted by atomic mass is 19.1. The van der Waals surface area contributed by atoms with Crippen LogP contribution in [0.5, 0.6) is 0 Å². The molecule has 1 aromatic heterocycles. The molecule has 2 N–H and O–H groups in total. The third-order valence-electron chi connectivity index (χ3n) is 3.32. The molecule has 0 unspecified atom stereocenters. The van der Waals surface area contributed by atoms with Crippen LogP contribution in [0.3, 0.4) is 0 Å². The SMILES string of the molecule is O=c1[nH]c2ccccc2c(-c2ccccc2F)c1CO. The number of H-pyrrole nitrogens is 1. The second-order valence-electron chi connectivity index (χ2n) is 4.49. The van der Waals surface area contributed by atoms with E-state index < -0.39 is 18.0 Å². The molecule has 0 saturated heterocycles. The summed E-state index contributed by atoms with van der Waals surface area (Å²) in [5, 5.41) is 10.2. The summed E-state index contributed by atoms with van der Waals surface area (Å²) in [5.74, 6) is -0.419. The number of para-hydroxylation sites is 1. The van der Waals surface area contributed by atoms with Gasteiger partial charge < -0.3 is 10.1 Å². The van der Waals surface area contributed by atoms with Crippen molar-refractivity contribution in [2.24, 2.45) is 0 Å². The molecule has 0 spiro atoms. The van der Waals surface area contributed by atoms with E-state index in [0.717, 1.165) is 0 Å². The summed E-state index contributed by atoms with van der Waals surface area (Å²) in [6.07, 6.45) is 0. The largest absolute Gasteiger partial charge is 0.391 e. The number of hydrogen-bond donors (Lipinski definition) is 2. The number of aromatic amines is 1. The smallest absolute Gasteiger partial charge is 0.254 e. The van der Waals surface area contributed by atoms with Crippen LogP contribution in [0.1, 0.15) is 5.56 Å². The monoisotopic (exact) mass is 269 g/mol. The van der Waals surface area contributed by atoms with Gasteiger partial charge in [-0.05, 0) is 12.1 Å². The van der Waals surface area contributed by atoms with Gasteiger partial charge in [-0.25, -0.2) is 4.39 Å². The minimum absolute atomic E-state index is 0.175. The van der Waals surface area contributed by atoms with Crippen molar-refractivity contribution < 1.29 is 9.50 Å². The van der Waals surface area contributed by atoms with Crippen molar-refractivity contribution in [3.05, 3.63) is 70.3 Å². The number of halogens is 1. The zero-order valence-corrected chi connectivity index (χ0v) is 10.6. The molecule has 0 fully saturated rings. The molecular formula is C16H12FNO2. The molecule has 0 amide bonds. The van der Waals surface area contributed by atoms with Crippen LogP contribution in [0.15, 0.2) is 53.3 Å². The van der Waals surface area contributed by atoms with Crippen LogP contribution in [0, 0.1) is 5.82 Å². The van der Waals surface area contributed by atoms with Gasteiger partial charge in [0.1, 0.15) is 5.82 Å². The predicted octanol–water partition coefficient (Wildman–Crippen LogP) is 2.83. The van der Waals surface area contributed by atoms with Gasteiger partial charge in [0.25, 0.3) is 5.56 Å². The lowest BCUT2D eigenvalue weighted by atomic mass is 9.96. The lowest BCUT2D eigenvalue weighted by Crippen LogP contribution is -2.14. The quantitative estimate of drug-likeness (QED) is 0.751. The van der Waals surface area contributed by atoms with E-state index in [1.54, 1.807) is 36.4 Å². The summed E-state index contributed by atoms with van der Waals surface area (Å²) in [7, 11) is 0. The van der Waals surface area contributed by atoms with Gasteiger partial charge in [0.05, 0.1) is 12.2 Å². The first-order chi connectivity index (χ1) is 9.72.